The third-order valence-corrected chi connectivity index (χ3v) is 3.75. The molecule has 1 aromatic carbocycles. The van der Waals surface area contributed by atoms with E-state index in [0.29, 0.717) is 6.54 Å². The van der Waals surface area contributed by atoms with Crippen molar-refractivity contribution in [3.05, 3.63) is 52.5 Å². The lowest BCUT2D eigenvalue weighted by molar-refractivity contribution is 0.790. The minimum atomic E-state index is 0.348. The van der Waals surface area contributed by atoms with Crippen LogP contribution in [0.5, 0.6) is 0 Å². The Morgan fingerprint density at radius 1 is 1.22 bits per heavy atom. The first-order valence-corrected chi connectivity index (χ1v) is 6.60. The van der Waals surface area contributed by atoms with Gasteiger partial charge in [0.1, 0.15) is 12.4 Å². The Morgan fingerprint density at radius 2 is 2.11 bits per heavy atom. The van der Waals surface area contributed by atoms with Crippen LogP contribution >= 0.6 is 11.3 Å². The summed E-state index contributed by atoms with van der Waals surface area (Å²) in [7, 11) is 0. The largest absolute Gasteiger partial charge is 0.314 e. The van der Waals surface area contributed by atoms with E-state index in [0.717, 1.165) is 23.3 Å². The Kier molecular flexibility index (Phi) is 2.83. The molecule has 2 aromatic heterocycles. The van der Waals surface area contributed by atoms with E-state index < -0.39 is 0 Å². The molecule has 0 spiro atoms. The van der Waals surface area contributed by atoms with Gasteiger partial charge in [-0.15, -0.1) is 11.3 Å². The monoisotopic (exact) mass is 253 g/mol. The van der Waals surface area contributed by atoms with Crippen molar-refractivity contribution in [2.45, 2.75) is 13.0 Å². The van der Waals surface area contributed by atoms with E-state index in [1.54, 1.807) is 11.3 Å². The van der Waals surface area contributed by atoms with Gasteiger partial charge in [-0.2, -0.15) is 5.26 Å². The highest BCUT2D eigenvalue weighted by molar-refractivity contribution is 7.09. The number of para-hydroxylation sites is 2. The first kappa shape index (κ1) is 11.0. The van der Waals surface area contributed by atoms with Gasteiger partial charge in [0.2, 0.25) is 0 Å². The summed E-state index contributed by atoms with van der Waals surface area (Å²) in [6.45, 7) is 0.348. The van der Waals surface area contributed by atoms with Crippen LogP contribution in [0.1, 0.15) is 10.7 Å². The Balaban J connectivity index is 2.10. The van der Waals surface area contributed by atoms with E-state index >= 15 is 0 Å². The lowest BCUT2D eigenvalue weighted by atomic mass is 10.3. The second-order valence-electron chi connectivity index (χ2n) is 4.02. The number of imidazole rings is 1. The predicted octanol–water partition coefficient (Wildman–Crippen LogP) is 3.21. The molecule has 0 aliphatic heterocycles. The zero-order valence-electron chi connectivity index (χ0n) is 9.71. The molecular formula is C14H11N3S. The number of thiophene rings is 1. The average molecular weight is 253 g/mol. The summed E-state index contributed by atoms with van der Waals surface area (Å²) in [6, 6.07) is 14.3. The average Bonchev–Trinajstić information content (AvgIpc) is 3.00. The predicted molar refractivity (Wildman–Crippen MR) is 72.5 cm³/mol. The molecule has 0 saturated heterocycles. The quantitative estimate of drug-likeness (QED) is 0.719. The zero-order valence-corrected chi connectivity index (χ0v) is 10.5. The molecule has 0 bridgehead atoms. The van der Waals surface area contributed by atoms with E-state index in [1.807, 2.05) is 34.9 Å². The van der Waals surface area contributed by atoms with Gasteiger partial charge in [0.25, 0.3) is 0 Å². The highest BCUT2D eigenvalue weighted by Crippen LogP contribution is 2.20. The zero-order chi connectivity index (χ0) is 12.4. The summed E-state index contributed by atoms with van der Waals surface area (Å²) >= 11 is 1.72. The summed E-state index contributed by atoms with van der Waals surface area (Å²) in [5.41, 5.74) is 1.99. The van der Waals surface area contributed by atoms with Crippen LogP contribution in [0.4, 0.5) is 0 Å². The van der Waals surface area contributed by atoms with Gasteiger partial charge in [0.15, 0.2) is 0 Å². The molecule has 0 aliphatic carbocycles. The minimum absolute atomic E-state index is 0.348. The van der Waals surface area contributed by atoms with Crippen LogP contribution in [0.2, 0.25) is 0 Å². The standard InChI is InChI=1S/C14H11N3S/c15-7-8-17-13-6-2-1-5-12(13)16-14(17)10-11-4-3-9-18-11/h1-6,9H,8,10H2. The number of rotatable bonds is 3. The van der Waals surface area contributed by atoms with Gasteiger partial charge in [-0.25, -0.2) is 4.98 Å². The number of hydrogen-bond acceptors (Lipinski definition) is 3. The summed E-state index contributed by atoms with van der Waals surface area (Å²) in [5.74, 6) is 0.959. The molecule has 4 heteroatoms. The molecule has 2 heterocycles. The molecule has 3 aromatic rings. The van der Waals surface area contributed by atoms with Crippen molar-refractivity contribution < 1.29 is 0 Å². The van der Waals surface area contributed by atoms with Crippen LogP contribution in [0.25, 0.3) is 11.0 Å². The number of nitrogens with zero attached hydrogens (tertiary/aromatic N) is 3. The number of benzene rings is 1. The molecule has 18 heavy (non-hydrogen) atoms. The number of fused-ring (bicyclic) bond motifs is 1. The Bertz CT molecular complexity index is 704. The molecule has 0 radical (unpaired) electrons. The first-order valence-electron chi connectivity index (χ1n) is 5.72. The van der Waals surface area contributed by atoms with E-state index in [-0.39, 0.29) is 0 Å². The van der Waals surface area contributed by atoms with E-state index in [9.17, 15) is 0 Å². The van der Waals surface area contributed by atoms with Crippen molar-refractivity contribution in [3.8, 4) is 6.07 Å². The van der Waals surface area contributed by atoms with Gasteiger partial charge in [-0.05, 0) is 23.6 Å². The third kappa shape index (κ3) is 1.89. The topological polar surface area (TPSA) is 41.6 Å². The maximum atomic E-state index is 8.95. The SMILES string of the molecule is N#CCn1c(Cc2cccs2)nc2ccccc21. The maximum Gasteiger partial charge on any atom is 0.116 e. The van der Waals surface area contributed by atoms with Crippen molar-refractivity contribution in [2.75, 3.05) is 0 Å². The fraction of sp³-hybridized carbons (Fsp3) is 0.143. The van der Waals surface area contributed by atoms with Crippen molar-refractivity contribution in [2.24, 2.45) is 0 Å². The molecule has 88 valence electrons. The molecule has 0 atom stereocenters. The van der Waals surface area contributed by atoms with Gasteiger partial charge >= 0.3 is 0 Å². The van der Waals surface area contributed by atoms with Crippen molar-refractivity contribution >= 4 is 22.4 Å². The first-order chi connectivity index (χ1) is 8.88. The summed E-state index contributed by atoms with van der Waals surface area (Å²) in [5, 5.41) is 11.0. The van der Waals surface area contributed by atoms with Gasteiger partial charge in [-0.1, -0.05) is 18.2 Å². The van der Waals surface area contributed by atoms with Crippen molar-refractivity contribution in [1.82, 2.24) is 9.55 Å². The van der Waals surface area contributed by atoms with Crippen LogP contribution < -0.4 is 0 Å². The molecule has 0 saturated carbocycles. The maximum absolute atomic E-state index is 8.95. The lowest BCUT2D eigenvalue weighted by Crippen LogP contribution is -2.02. The third-order valence-electron chi connectivity index (χ3n) is 2.87. The van der Waals surface area contributed by atoms with Gasteiger partial charge < -0.3 is 4.57 Å². The van der Waals surface area contributed by atoms with Crippen molar-refractivity contribution in [3.63, 3.8) is 0 Å². The molecule has 3 rings (SSSR count). The molecule has 0 N–H and O–H groups in total. The molecule has 0 fully saturated rings. The van der Waals surface area contributed by atoms with Gasteiger partial charge in [0, 0.05) is 11.3 Å². The van der Waals surface area contributed by atoms with Crippen LogP contribution in [-0.4, -0.2) is 9.55 Å². The summed E-state index contributed by atoms with van der Waals surface area (Å²) < 4.78 is 2.00. The number of aromatic nitrogens is 2. The van der Waals surface area contributed by atoms with E-state index in [1.165, 1.54) is 4.88 Å². The fourth-order valence-corrected chi connectivity index (χ4v) is 2.78. The van der Waals surface area contributed by atoms with Crippen LogP contribution in [0.3, 0.4) is 0 Å². The van der Waals surface area contributed by atoms with Crippen LogP contribution in [-0.2, 0) is 13.0 Å². The highest BCUT2D eigenvalue weighted by Gasteiger charge is 2.10. The number of hydrogen-bond donors (Lipinski definition) is 0. The molecular weight excluding hydrogens is 242 g/mol. The summed E-state index contributed by atoms with van der Waals surface area (Å²) in [4.78, 5) is 5.89. The fourth-order valence-electron chi connectivity index (χ4n) is 2.08. The van der Waals surface area contributed by atoms with Gasteiger partial charge in [0.05, 0.1) is 17.1 Å². The molecule has 0 amide bonds. The smallest absolute Gasteiger partial charge is 0.116 e. The van der Waals surface area contributed by atoms with Gasteiger partial charge in [-0.3, -0.25) is 0 Å². The summed E-state index contributed by atoms with van der Waals surface area (Å²) in [6.07, 6.45) is 0.786. The van der Waals surface area contributed by atoms with E-state index in [4.69, 9.17) is 5.26 Å². The lowest BCUT2D eigenvalue weighted by Gasteiger charge is -2.03. The molecule has 3 nitrogen and oxygen atoms in total. The Morgan fingerprint density at radius 3 is 2.89 bits per heavy atom. The normalized spacial score (nSPS) is 10.6. The Labute approximate surface area is 109 Å². The molecule has 0 aliphatic rings. The minimum Gasteiger partial charge on any atom is -0.314 e. The second-order valence-corrected chi connectivity index (χ2v) is 5.05. The highest BCUT2D eigenvalue weighted by atomic mass is 32.1. The number of nitriles is 1. The molecule has 0 unspecified atom stereocenters. The Hall–Kier alpha value is -2.12. The van der Waals surface area contributed by atoms with E-state index in [2.05, 4.69) is 22.5 Å². The second kappa shape index (κ2) is 4.63. The van der Waals surface area contributed by atoms with Crippen LogP contribution in [0.15, 0.2) is 41.8 Å². The van der Waals surface area contributed by atoms with Crippen molar-refractivity contribution in [1.29, 1.82) is 5.26 Å². The van der Waals surface area contributed by atoms with Crippen LogP contribution in [0, 0.1) is 11.3 Å².